The smallest absolute Gasteiger partial charge is 0.254 e. The number of hydrogen-bond donors (Lipinski definition) is 0. The van der Waals surface area contributed by atoms with Gasteiger partial charge in [0, 0.05) is 25.1 Å². The van der Waals surface area contributed by atoms with E-state index in [1.807, 2.05) is 11.9 Å². The van der Waals surface area contributed by atoms with Crippen LogP contribution in [0.3, 0.4) is 0 Å². The molecule has 1 aromatic rings. The van der Waals surface area contributed by atoms with E-state index in [4.69, 9.17) is 21.1 Å². The zero-order chi connectivity index (χ0) is 15.5. The molecule has 120 valence electrons. The fraction of sp³-hybridized carbons (Fsp3) is 0.588. The van der Waals surface area contributed by atoms with E-state index in [2.05, 4.69) is 0 Å². The summed E-state index contributed by atoms with van der Waals surface area (Å²) >= 11 is 6.28. The Labute approximate surface area is 136 Å². The lowest BCUT2D eigenvalue weighted by Crippen LogP contribution is -2.38. The maximum absolute atomic E-state index is 12.7. The summed E-state index contributed by atoms with van der Waals surface area (Å²) in [6.45, 7) is 1.17. The molecule has 1 aliphatic carbocycles. The predicted octanol–water partition coefficient (Wildman–Crippen LogP) is 3.91. The molecule has 0 atom stereocenters. The third kappa shape index (κ3) is 3.17. The average molecular weight is 324 g/mol. The van der Waals surface area contributed by atoms with Crippen LogP contribution in [0.15, 0.2) is 12.1 Å². The molecule has 0 aromatic heterocycles. The molecular formula is C17H22ClNO3. The van der Waals surface area contributed by atoms with Crippen LogP contribution in [-0.4, -0.2) is 37.1 Å². The molecule has 0 N–H and O–H groups in total. The van der Waals surface area contributed by atoms with Gasteiger partial charge in [-0.15, -0.1) is 0 Å². The summed E-state index contributed by atoms with van der Waals surface area (Å²) in [5, 5.41) is 0.444. The van der Waals surface area contributed by atoms with Crippen molar-refractivity contribution in [3.63, 3.8) is 0 Å². The summed E-state index contributed by atoms with van der Waals surface area (Å²) in [4.78, 5) is 14.6. The number of carbonyl (C=O) groups is 1. The second-order valence-electron chi connectivity index (χ2n) is 6.04. The Balaban J connectivity index is 1.83. The van der Waals surface area contributed by atoms with Gasteiger partial charge in [-0.05, 0) is 25.0 Å². The van der Waals surface area contributed by atoms with Crippen LogP contribution in [0, 0.1) is 0 Å². The van der Waals surface area contributed by atoms with Gasteiger partial charge < -0.3 is 14.4 Å². The molecule has 2 aliphatic rings. The number of amides is 1. The SMILES string of the molecule is CN(C(=O)c1cc(Cl)c2c(c1)OCCCO2)C1CCCCC1. The molecule has 1 fully saturated rings. The number of ether oxygens (including phenoxy) is 2. The molecular weight excluding hydrogens is 302 g/mol. The van der Waals surface area contributed by atoms with Crippen LogP contribution in [0.25, 0.3) is 0 Å². The van der Waals surface area contributed by atoms with Crippen molar-refractivity contribution in [3.8, 4) is 11.5 Å². The minimum Gasteiger partial charge on any atom is -0.489 e. The molecule has 3 rings (SSSR count). The van der Waals surface area contributed by atoms with Crippen molar-refractivity contribution in [3.05, 3.63) is 22.7 Å². The highest BCUT2D eigenvalue weighted by atomic mass is 35.5. The van der Waals surface area contributed by atoms with Crippen LogP contribution in [0.5, 0.6) is 11.5 Å². The Morgan fingerprint density at radius 1 is 1.14 bits per heavy atom. The quantitative estimate of drug-likeness (QED) is 0.828. The number of rotatable bonds is 2. The zero-order valence-electron chi connectivity index (χ0n) is 12.9. The fourth-order valence-corrected chi connectivity index (χ4v) is 3.46. The predicted molar refractivity (Wildman–Crippen MR) is 86.0 cm³/mol. The van der Waals surface area contributed by atoms with E-state index >= 15 is 0 Å². The fourth-order valence-electron chi connectivity index (χ4n) is 3.19. The number of halogens is 1. The lowest BCUT2D eigenvalue weighted by atomic mass is 9.94. The number of benzene rings is 1. The lowest BCUT2D eigenvalue weighted by molar-refractivity contribution is 0.0696. The van der Waals surface area contributed by atoms with Crippen LogP contribution in [0.2, 0.25) is 5.02 Å². The van der Waals surface area contributed by atoms with Crippen LogP contribution in [-0.2, 0) is 0 Å². The van der Waals surface area contributed by atoms with Gasteiger partial charge in [-0.25, -0.2) is 0 Å². The van der Waals surface area contributed by atoms with Crippen LogP contribution >= 0.6 is 11.6 Å². The molecule has 0 radical (unpaired) electrons. The maximum Gasteiger partial charge on any atom is 0.254 e. The highest BCUT2D eigenvalue weighted by Gasteiger charge is 2.25. The number of carbonyl (C=O) groups excluding carboxylic acids is 1. The second kappa shape index (κ2) is 6.78. The van der Waals surface area contributed by atoms with Gasteiger partial charge in [0.25, 0.3) is 5.91 Å². The summed E-state index contributed by atoms with van der Waals surface area (Å²) in [6.07, 6.45) is 6.65. The van der Waals surface area contributed by atoms with Crippen molar-refractivity contribution >= 4 is 17.5 Å². The first-order chi connectivity index (χ1) is 10.7. The first kappa shape index (κ1) is 15.5. The standard InChI is InChI=1S/C17H22ClNO3/c1-19(13-6-3-2-4-7-13)17(20)12-10-14(18)16-15(11-12)21-8-5-9-22-16/h10-11,13H,2-9H2,1H3. The number of hydrogen-bond acceptors (Lipinski definition) is 3. The van der Waals surface area contributed by atoms with E-state index in [-0.39, 0.29) is 5.91 Å². The van der Waals surface area contributed by atoms with Crippen LogP contribution in [0.4, 0.5) is 0 Å². The third-order valence-electron chi connectivity index (χ3n) is 4.49. The molecule has 5 heteroatoms. The van der Waals surface area contributed by atoms with Crippen molar-refractivity contribution in [2.45, 2.75) is 44.6 Å². The second-order valence-corrected chi connectivity index (χ2v) is 6.45. The monoisotopic (exact) mass is 323 g/mol. The summed E-state index contributed by atoms with van der Waals surface area (Å²) in [7, 11) is 1.88. The molecule has 4 nitrogen and oxygen atoms in total. The maximum atomic E-state index is 12.7. The molecule has 1 heterocycles. The van der Waals surface area contributed by atoms with Crippen molar-refractivity contribution in [1.82, 2.24) is 4.90 Å². The zero-order valence-corrected chi connectivity index (χ0v) is 13.7. The van der Waals surface area contributed by atoms with Crippen molar-refractivity contribution in [2.75, 3.05) is 20.3 Å². The Bertz CT molecular complexity index is 555. The Kier molecular flexibility index (Phi) is 4.77. The minimum absolute atomic E-state index is 0.00412. The highest BCUT2D eigenvalue weighted by molar-refractivity contribution is 6.32. The van der Waals surface area contributed by atoms with E-state index in [9.17, 15) is 4.79 Å². The minimum atomic E-state index is 0.00412. The molecule has 1 saturated carbocycles. The van der Waals surface area contributed by atoms with Gasteiger partial charge in [-0.3, -0.25) is 4.79 Å². The molecule has 0 saturated heterocycles. The summed E-state index contributed by atoms with van der Waals surface area (Å²) < 4.78 is 11.3. The molecule has 1 amide bonds. The summed E-state index contributed by atoms with van der Waals surface area (Å²) in [5.74, 6) is 1.13. The summed E-state index contributed by atoms with van der Waals surface area (Å²) in [5.41, 5.74) is 0.572. The van der Waals surface area contributed by atoms with E-state index < -0.39 is 0 Å². The highest BCUT2D eigenvalue weighted by Crippen LogP contribution is 2.38. The normalized spacial score (nSPS) is 18.6. The first-order valence-corrected chi connectivity index (χ1v) is 8.41. The van der Waals surface area contributed by atoms with Crippen LogP contribution < -0.4 is 9.47 Å². The Morgan fingerprint density at radius 2 is 1.86 bits per heavy atom. The molecule has 1 aromatic carbocycles. The number of nitrogens with zero attached hydrogens (tertiary/aromatic N) is 1. The largest absolute Gasteiger partial charge is 0.489 e. The van der Waals surface area contributed by atoms with E-state index in [1.165, 1.54) is 19.3 Å². The van der Waals surface area contributed by atoms with Gasteiger partial charge in [0.2, 0.25) is 0 Å². The average Bonchev–Trinajstić information content (AvgIpc) is 2.80. The molecule has 0 bridgehead atoms. The molecule has 1 aliphatic heterocycles. The van der Waals surface area contributed by atoms with Gasteiger partial charge in [0.05, 0.1) is 18.2 Å². The van der Waals surface area contributed by atoms with Gasteiger partial charge >= 0.3 is 0 Å². The topological polar surface area (TPSA) is 38.8 Å². The van der Waals surface area contributed by atoms with Crippen molar-refractivity contribution in [2.24, 2.45) is 0 Å². The molecule has 0 unspecified atom stereocenters. The lowest BCUT2D eigenvalue weighted by Gasteiger charge is -2.31. The van der Waals surface area contributed by atoms with Crippen LogP contribution in [0.1, 0.15) is 48.9 Å². The Morgan fingerprint density at radius 3 is 2.64 bits per heavy atom. The molecule has 22 heavy (non-hydrogen) atoms. The third-order valence-corrected chi connectivity index (χ3v) is 4.77. The van der Waals surface area contributed by atoms with Gasteiger partial charge in [-0.2, -0.15) is 0 Å². The van der Waals surface area contributed by atoms with Gasteiger partial charge in [-0.1, -0.05) is 30.9 Å². The van der Waals surface area contributed by atoms with Gasteiger partial charge in [0.15, 0.2) is 11.5 Å². The van der Waals surface area contributed by atoms with Crippen molar-refractivity contribution < 1.29 is 14.3 Å². The van der Waals surface area contributed by atoms with E-state index in [1.54, 1.807) is 12.1 Å². The Hall–Kier alpha value is -1.42. The first-order valence-electron chi connectivity index (χ1n) is 8.03. The van der Waals surface area contributed by atoms with Gasteiger partial charge in [0.1, 0.15) is 0 Å². The molecule has 0 spiro atoms. The van der Waals surface area contributed by atoms with E-state index in [0.29, 0.717) is 41.3 Å². The summed E-state index contributed by atoms with van der Waals surface area (Å²) in [6, 6.07) is 3.78. The van der Waals surface area contributed by atoms with E-state index in [0.717, 1.165) is 19.3 Å². The number of fused-ring (bicyclic) bond motifs is 1. The van der Waals surface area contributed by atoms with Crippen molar-refractivity contribution in [1.29, 1.82) is 0 Å².